The van der Waals surface area contributed by atoms with Crippen LogP contribution < -0.4 is 31.1 Å². The van der Waals surface area contributed by atoms with Gasteiger partial charge in [-0.25, -0.2) is 0 Å². The van der Waals surface area contributed by atoms with Gasteiger partial charge in [-0.1, -0.05) is 401 Å². The van der Waals surface area contributed by atoms with Crippen LogP contribution in [0.3, 0.4) is 0 Å². The second-order valence-corrected chi connectivity index (χ2v) is 55.9. The van der Waals surface area contributed by atoms with Crippen LogP contribution in [0, 0.1) is 47.3 Å². The molecule has 6 heterocycles. The molecule has 0 amide bonds. The molecule has 9 aromatic carbocycles. The lowest BCUT2D eigenvalue weighted by Crippen LogP contribution is -2.68. The number of hydrogen-bond donors (Lipinski definition) is 0. The van der Waals surface area contributed by atoms with E-state index >= 15 is 0 Å². The lowest BCUT2D eigenvalue weighted by atomic mass is 9.84. The predicted molar refractivity (Wildman–Crippen MR) is 555 cm³/mol. The van der Waals surface area contributed by atoms with Gasteiger partial charge in [0.15, 0.2) is 37.7 Å². The average molecular weight is 1980 g/mol. The maximum atomic E-state index is 11.1. The Morgan fingerprint density at radius 2 is 0.504 bits per heavy atom. The van der Waals surface area contributed by atoms with E-state index in [0.717, 1.165) is 47.8 Å². The Bertz CT molecular complexity index is 5320. The fourth-order valence-electron chi connectivity index (χ4n) is 22.7. The molecule has 0 bridgehead atoms. The van der Waals surface area contributed by atoms with Gasteiger partial charge in [0, 0.05) is 46.5 Å². The molecule has 0 aromatic heterocycles. The summed E-state index contributed by atoms with van der Waals surface area (Å²) >= 11 is 0. The minimum Gasteiger partial charge on any atom is -0.405 e. The van der Waals surface area contributed by atoms with Crippen LogP contribution in [0.4, 0.5) is 0 Å². The summed E-state index contributed by atoms with van der Waals surface area (Å²) in [6.45, 7) is 44.0. The minimum absolute atomic E-state index is 0.00834. The Hall–Kier alpha value is -8.47. The van der Waals surface area contributed by atoms with E-state index in [1.807, 2.05) is 150 Å². The second kappa shape index (κ2) is 47.4. The first-order valence-electron chi connectivity index (χ1n) is 50.8. The van der Waals surface area contributed by atoms with E-state index in [1.165, 1.54) is 0 Å². The van der Waals surface area contributed by atoms with Crippen molar-refractivity contribution in [2.75, 3.05) is 26.9 Å². The minimum atomic E-state index is -3.41. The largest absolute Gasteiger partial charge is 0.405 e. The van der Waals surface area contributed by atoms with Gasteiger partial charge in [0.05, 0.1) is 107 Å². The summed E-state index contributed by atoms with van der Waals surface area (Å²) < 4.78 is 134. The lowest BCUT2D eigenvalue weighted by molar-refractivity contribution is -0.370. The molecule has 0 radical (unpaired) electrons. The Kier molecular flexibility index (Phi) is 35.9. The van der Waals surface area contributed by atoms with Gasteiger partial charge in [-0.2, -0.15) is 0 Å². The maximum Gasteiger partial charge on any atom is 0.261 e. The smallest absolute Gasteiger partial charge is 0.261 e. The summed E-state index contributed by atoms with van der Waals surface area (Å²) in [5.74, 6) is -2.94. The molecule has 30 atom stereocenters. The highest BCUT2D eigenvalue weighted by atomic mass is 28.4. The third-order valence-electron chi connectivity index (χ3n) is 30.8. The van der Waals surface area contributed by atoms with Crippen molar-refractivity contribution in [3.63, 3.8) is 0 Å². The molecule has 9 aromatic rings. The highest BCUT2D eigenvalue weighted by Gasteiger charge is 2.61. The summed E-state index contributed by atoms with van der Waals surface area (Å²) in [5, 5.41) is 14.6. The number of methoxy groups -OCH3 is 1. The van der Waals surface area contributed by atoms with Gasteiger partial charge in [-0.15, -0.1) is 0 Å². The van der Waals surface area contributed by atoms with Gasteiger partial charge >= 0.3 is 0 Å². The maximum absolute atomic E-state index is 11.1. The van der Waals surface area contributed by atoms with Crippen molar-refractivity contribution in [1.29, 1.82) is 0 Å². The van der Waals surface area contributed by atoms with Crippen molar-refractivity contribution in [2.24, 2.45) is 57.6 Å². The van der Waals surface area contributed by atoms with Gasteiger partial charge in [0.2, 0.25) is 0 Å². The average Bonchev–Trinajstić information content (AvgIpc) is 0.731. The van der Waals surface area contributed by atoms with Crippen LogP contribution in [0.2, 0.25) is 15.1 Å². The van der Waals surface area contributed by atoms with E-state index in [-0.39, 0.29) is 74.0 Å². The molecule has 6 aliphatic heterocycles. The van der Waals surface area contributed by atoms with Crippen molar-refractivity contribution in [3.8, 4) is 0 Å². The normalized spacial score (nSPS) is 31.9. The SMILES string of the molecule is CO[C@H]1OC(CO[Si](c2ccccc2)(c2ccccc2)C(C)(C)C)[C@H](O[C@@H]2OC(C)[C@@H](O[C@H]3OC(CO[Si](c4ccccc4)(c4ccccc4)C(C)(C)C)[C@H](O[C@@H]4OC(C)[C@@H](O[C@H]5OC(CO[Si](c6ccccc6)(c6ccccc6)C(C)(C)C)[C@H](O[C@@H]6OC(C)[C@@H](C)[C@@H](OCc7ccccc7)C6C)[C@H](C)C5N=[N+]=[N-])[C@@H](OCc5ccccc5)C4C)[C@H](C)C3N=[N+]=[N-])[C@@H](OCc3ccccc3)C2C)[C@H](C)C1C. The van der Waals surface area contributed by atoms with E-state index in [2.05, 4.69) is 277 Å². The molecule has 6 fully saturated rings. The predicted octanol–water partition coefficient (Wildman–Crippen LogP) is 19.9. The number of azide groups is 2. The molecule has 141 heavy (non-hydrogen) atoms. The Morgan fingerprint density at radius 1 is 0.262 bits per heavy atom. The summed E-state index contributed by atoms with van der Waals surface area (Å²) in [4.78, 5) is 7.20. The molecule has 15 rings (SSSR count). The zero-order chi connectivity index (χ0) is 100. The molecule has 12 unspecified atom stereocenters. The van der Waals surface area contributed by atoms with Crippen molar-refractivity contribution >= 4 is 56.1 Å². The van der Waals surface area contributed by atoms with E-state index < -0.39 is 182 Å². The highest BCUT2D eigenvalue weighted by molar-refractivity contribution is 7.00. The van der Waals surface area contributed by atoms with Crippen LogP contribution in [0.15, 0.2) is 283 Å². The number of rotatable bonds is 37. The summed E-state index contributed by atoms with van der Waals surface area (Å²) in [7, 11) is -8.13. The summed E-state index contributed by atoms with van der Waals surface area (Å²) in [6, 6.07) is 91.5. The van der Waals surface area contributed by atoms with Crippen LogP contribution in [-0.2, 0) is 104 Å². The van der Waals surface area contributed by atoms with E-state index in [9.17, 15) is 11.1 Å². The summed E-state index contributed by atoms with van der Waals surface area (Å²) in [6.07, 6.45) is -16.0. The first kappa shape index (κ1) is 107. The Morgan fingerprint density at radius 3 is 0.773 bits per heavy atom. The molecule has 756 valence electrons. The molecule has 0 spiro atoms. The third kappa shape index (κ3) is 23.3. The van der Waals surface area contributed by atoms with Crippen LogP contribution in [0.25, 0.3) is 20.9 Å². The monoisotopic (exact) mass is 1980 g/mol. The molecule has 27 heteroatoms. The molecule has 6 saturated heterocycles. The topological polar surface area (TPSA) is 264 Å². The van der Waals surface area contributed by atoms with Gasteiger partial charge in [-0.05, 0) is 113 Å². The van der Waals surface area contributed by atoms with Gasteiger partial charge in [0.25, 0.3) is 25.0 Å². The highest BCUT2D eigenvalue weighted by Crippen LogP contribution is 2.49. The van der Waals surface area contributed by atoms with Crippen molar-refractivity contribution < 1.29 is 84.3 Å². The quantitative estimate of drug-likeness (QED) is 0.0152. The standard InChI is InChI=1S/C114H150N6O18Si3/c1-73-74(2)106(121-21)131-93(70-125-139(112(12,13)14,87-55-37-25-38-56-87)88-57-39-26-40-58-88)99(73)134-108-79(7)102(123-68-85-51-33-23-34-52-85)104(82(10)129-108)137-111-97(118-120-116)77(5)101(95(133-111)72-127-141(114(18,19)20,91-63-45-29-46-64-91)92-65-47-30-48-66-92)136-109-80(8)103(124-69-86-53-35-24-36-54-86)105(83(11)130-109)138-110-96(117-119-115)76(4)100(135-107-78(6)98(75(3)81(9)128-107)122-67-84-49-31-22-32-50-84)94(132-110)71-126-140(113(15,16)17,89-59-41-27-42-60-89)90-61-43-28-44-62-90/h22-66,73-83,93-111H,67-72H2,1-21H3/t73-,74?,75-,76-,77-,78?,79?,80?,81?,82?,83?,93?,94?,95?,96?,97?,98-,99-,100-,101-,102+,103+,104-,105-,106+,107+,108+,109+,110-,111-/m1/s1. The van der Waals surface area contributed by atoms with Gasteiger partial charge < -0.3 is 84.3 Å². The Labute approximate surface area is 839 Å². The van der Waals surface area contributed by atoms with E-state index in [1.54, 1.807) is 7.11 Å². The third-order valence-corrected chi connectivity index (χ3v) is 45.8. The van der Waals surface area contributed by atoms with E-state index in [4.69, 9.17) is 89.4 Å². The van der Waals surface area contributed by atoms with Crippen LogP contribution in [-0.4, -0.2) is 187 Å². The molecule has 24 nitrogen and oxygen atoms in total. The first-order valence-corrected chi connectivity index (χ1v) is 56.5. The van der Waals surface area contributed by atoms with Crippen LogP contribution in [0.1, 0.15) is 155 Å². The number of nitrogens with zero attached hydrogens (tertiary/aromatic N) is 6. The number of benzene rings is 9. The van der Waals surface area contributed by atoms with Gasteiger partial charge in [0.1, 0.15) is 30.5 Å². The van der Waals surface area contributed by atoms with E-state index in [0.29, 0.717) is 6.61 Å². The number of hydrogen-bond acceptors (Lipinski definition) is 20. The molecule has 6 aliphatic rings. The fraction of sp³-hybridized carbons (Fsp3) is 0.526. The zero-order valence-electron chi connectivity index (χ0n) is 86.1. The molecule has 0 N–H and O–H groups in total. The lowest BCUT2D eigenvalue weighted by Gasteiger charge is -2.52. The summed E-state index contributed by atoms with van der Waals surface area (Å²) in [5.41, 5.74) is 25.0. The molecular weight excluding hydrogens is 1830 g/mol. The van der Waals surface area contributed by atoms with Crippen molar-refractivity contribution in [1.82, 2.24) is 0 Å². The fourth-order valence-corrected chi connectivity index (χ4v) is 36.4. The van der Waals surface area contributed by atoms with Crippen molar-refractivity contribution in [2.45, 2.75) is 309 Å². The van der Waals surface area contributed by atoms with Crippen LogP contribution >= 0.6 is 0 Å². The van der Waals surface area contributed by atoms with Gasteiger partial charge in [-0.3, -0.25) is 0 Å². The van der Waals surface area contributed by atoms with Crippen LogP contribution in [0.5, 0.6) is 0 Å². The zero-order valence-corrected chi connectivity index (χ0v) is 89.1. The second-order valence-electron chi connectivity index (χ2n) is 43.0. The Balaban J connectivity index is 0.768. The molecular formula is C114H150N6O18Si3. The molecule has 0 aliphatic carbocycles. The first-order chi connectivity index (χ1) is 67.7. The van der Waals surface area contributed by atoms with Crippen molar-refractivity contribution in [3.05, 3.63) is 311 Å². The molecule has 0 saturated carbocycles. The number of ether oxygens (including phenoxy) is 15.